The first-order valence-electron chi connectivity index (χ1n) is 7.52. The van der Waals surface area contributed by atoms with E-state index in [1.54, 1.807) is 24.3 Å². The van der Waals surface area contributed by atoms with Crippen molar-refractivity contribution in [3.8, 4) is 0 Å². The van der Waals surface area contributed by atoms with Gasteiger partial charge in [0.2, 0.25) is 10.0 Å². The maximum Gasteiger partial charge on any atom is 0.251 e. The molecule has 0 bridgehead atoms. The third-order valence-corrected chi connectivity index (χ3v) is 4.62. The lowest BCUT2D eigenvalue weighted by Gasteiger charge is -2.20. The Balaban J connectivity index is 2.08. The number of hydrogen-bond donors (Lipinski definition) is 1. The molecule has 2 aromatic rings. The average molecular weight is 362 g/mol. The number of nitrogens with zero attached hydrogens (tertiary/aromatic N) is 1. The monoisotopic (exact) mass is 362 g/mol. The fourth-order valence-corrected chi connectivity index (χ4v) is 3.14. The van der Waals surface area contributed by atoms with Gasteiger partial charge in [-0.1, -0.05) is 18.2 Å². The first-order valence-corrected chi connectivity index (χ1v) is 9.37. The van der Waals surface area contributed by atoms with E-state index in [-0.39, 0.29) is 24.8 Å². The molecule has 1 N–H and O–H groups in total. The van der Waals surface area contributed by atoms with Crippen molar-refractivity contribution in [2.45, 2.75) is 6.54 Å². The second kappa shape index (κ2) is 7.94. The first kappa shape index (κ1) is 18.7. The van der Waals surface area contributed by atoms with Crippen LogP contribution in [0.3, 0.4) is 0 Å². The zero-order valence-electron chi connectivity index (χ0n) is 13.8. The highest BCUT2D eigenvalue weighted by molar-refractivity contribution is 7.92. The molecule has 1 amide bonds. The van der Waals surface area contributed by atoms with Crippen LogP contribution in [0.15, 0.2) is 61.2 Å². The molecule has 0 fully saturated rings. The molecule has 132 valence electrons. The second-order valence-corrected chi connectivity index (χ2v) is 7.35. The van der Waals surface area contributed by atoms with Crippen LogP contribution in [-0.2, 0) is 16.6 Å². The van der Waals surface area contributed by atoms with Gasteiger partial charge in [-0.15, -0.1) is 6.58 Å². The van der Waals surface area contributed by atoms with E-state index in [0.29, 0.717) is 16.8 Å². The molecule has 0 aliphatic rings. The van der Waals surface area contributed by atoms with Gasteiger partial charge in [-0.05, 0) is 42.0 Å². The molecule has 0 saturated heterocycles. The van der Waals surface area contributed by atoms with Crippen molar-refractivity contribution in [2.24, 2.45) is 0 Å². The average Bonchev–Trinajstić information content (AvgIpc) is 2.57. The van der Waals surface area contributed by atoms with Crippen LogP contribution in [0, 0.1) is 5.82 Å². The van der Waals surface area contributed by atoms with Crippen LogP contribution in [0.25, 0.3) is 0 Å². The van der Waals surface area contributed by atoms with E-state index < -0.39 is 10.0 Å². The number of benzene rings is 2. The zero-order valence-corrected chi connectivity index (χ0v) is 14.6. The molecule has 0 unspecified atom stereocenters. The molecule has 0 radical (unpaired) electrons. The number of anilines is 1. The van der Waals surface area contributed by atoms with Crippen molar-refractivity contribution in [1.82, 2.24) is 5.32 Å². The first-order chi connectivity index (χ1) is 11.8. The van der Waals surface area contributed by atoms with Crippen LogP contribution >= 0.6 is 0 Å². The van der Waals surface area contributed by atoms with Crippen molar-refractivity contribution < 1.29 is 17.6 Å². The van der Waals surface area contributed by atoms with Crippen molar-refractivity contribution in [3.63, 3.8) is 0 Å². The van der Waals surface area contributed by atoms with Crippen LogP contribution in [0.5, 0.6) is 0 Å². The largest absolute Gasteiger partial charge is 0.348 e. The van der Waals surface area contributed by atoms with Gasteiger partial charge >= 0.3 is 0 Å². The number of hydrogen-bond acceptors (Lipinski definition) is 3. The molecule has 2 aromatic carbocycles. The summed E-state index contributed by atoms with van der Waals surface area (Å²) < 4.78 is 37.9. The number of rotatable bonds is 7. The maximum absolute atomic E-state index is 13.1. The topological polar surface area (TPSA) is 66.5 Å². The number of halogens is 1. The van der Waals surface area contributed by atoms with Crippen LogP contribution in [0.2, 0.25) is 0 Å². The van der Waals surface area contributed by atoms with Crippen LogP contribution in [0.4, 0.5) is 10.1 Å². The van der Waals surface area contributed by atoms with E-state index in [1.807, 2.05) is 0 Å². The van der Waals surface area contributed by atoms with Crippen LogP contribution in [-0.4, -0.2) is 27.1 Å². The molecule has 25 heavy (non-hydrogen) atoms. The number of carbonyl (C=O) groups excluding carboxylic acids is 1. The van der Waals surface area contributed by atoms with Gasteiger partial charge in [0.05, 0.1) is 18.5 Å². The fourth-order valence-electron chi connectivity index (χ4n) is 2.26. The van der Waals surface area contributed by atoms with E-state index in [2.05, 4.69) is 11.9 Å². The van der Waals surface area contributed by atoms with Gasteiger partial charge in [0, 0.05) is 12.1 Å². The molecular formula is C18H19FN2O3S. The third kappa shape index (κ3) is 5.15. The number of carbonyl (C=O) groups is 1. The summed E-state index contributed by atoms with van der Waals surface area (Å²) in [6.07, 6.45) is 2.59. The van der Waals surface area contributed by atoms with E-state index in [4.69, 9.17) is 0 Å². The van der Waals surface area contributed by atoms with E-state index >= 15 is 0 Å². The Kier molecular flexibility index (Phi) is 5.93. The Morgan fingerprint density at radius 3 is 2.48 bits per heavy atom. The third-order valence-electron chi connectivity index (χ3n) is 3.45. The molecule has 0 aromatic heterocycles. The van der Waals surface area contributed by atoms with Gasteiger partial charge in [0.1, 0.15) is 5.82 Å². The lowest BCUT2D eigenvalue weighted by Crippen LogP contribution is -2.30. The molecule has 0 heterocycles. The summed E-state index contributed by atoms with van der Waals surface area (Å²) in [5.41, 5.74) is 1.48. The lowest BCUT2D eigenvalue weighted by atomic mass is 10.1. The Morgan fingerprint density at radius 2 is 1.92 bits per heavy atom. The highest BCUT2D eigenvalue weighted by Crippen LogP contribution is 2.18. The minimum atomic E-state index is -3.44. The summed E-state index contributed by atoms with van der Waals surface area (Å²) in [5.74, 6) is -0.690. The molecule has 5 nitrogen and oxygen atoms in total. The van der Waals surface area contributed by atoms with Crippen molar-refractivity contribution in [2.75, 3.05) is 17.1 Å². The second-order valence-electron chi connectivity index (χ2n) is 5.44. The van der Waals surface area contributed by atoms with Gasteiger partial charge < -0.3 is 5.32 Å². The van der Waals surface area contributed by atoms with E-state index in [1.165, 1.54) is 34.6 Å². The Hall–Kier alpha value is -2.67. The van der Waals surface area contributed by atoms with Crippen molar-refractivity contribution in [3.05, 3.63) is 78.1 Å². The number of nitrogens with one attached hydrogen (secondary N) is 1. The maximum atomic E-state index is 13.1. The zero-order chi connectivity index (χ0) is 18.4. The van der Waals surface area contributed by atoms with Crippen LogP contribution < -0.4 is 9.62 Å². The summed E-state index contributed by atoms with van der Waals surface area (Å²) in [4.78, 5) is 12.2. The van der Waals surface area contributed by atoms with E-state index in [9.17, 15) is 17.6 Å². The van der Waals surface area contributed by atoms with Gasteiger partial charge in [0.25, 0.3) is 5.91 Å². The van der Waals surface area contributed by atoms with Crippen LogP contribution in [0.1, 0.15) is 15.9 Å². The van der Waals surface area contributed by atoms with Crippen molar-refractivity contribution >= 4 is 21.6 Å². The van der Waals surface area contributed by atoms with Gasteiger partial charge in [-0.25, -0.2) is 12.8 Å². The SMILES string of the molecule is C=CCN(c1ccc(C(=O)NCc2cccc(F)c2)cc1)S(C)(=O)=O. The Bertz CT molecular complexity index is 864. The summed E-state index contributed by atoms with van der Waals surface area (Å²) in [6.45, 7) is 3.89. The minimum Gasteiger partial charge on any atom is -0.348 e. The predicted molar refractivity (Wildman–Crippen MR) is 96.4 cm³/mol. The molecule has 0 saturated carbocycles. The van der Waals surface area contributed by atoms with E-state index in [0.717, 1.165) is 6.26 Å². The quantitative estimate of drug-likeness (QED) is 0.770. The highest BCUT2D eigenvalue weighted by atomic mass is 32.2. The summed E-state index contributed by atoms with van der Waals surface area (Å²) in [6, 6.07) is 12.2. The van der Waals surface area contributed by atoms with Gasteiger partial charge in [-0.2, -0.15) is 0 Å². The standard InChI is InChI=1S/C18H19FN2O3S/c1-3-11-21(25(2,23)24)17-9-7-15(8-10-17)18(22)20-13-14-5-4-6-16(19)12-14/h3-10,12H,1,11,13H2,2H3,(H,20,22). The molecule has 0 atom stereocenters. The lowest BCUT2D eigenvalue weighted by molar-refractivity contribution is 0.0951. The van der Waals surface area contributed by atoms with Gasteiger partial charge in [-0.3, -0.25) is 9.10 Å². The number of sulfonamides is 1. The summed E-state index contributed by atoms with van der Waals surface area (Å²) >= 11 is 0. The summed E-state index contributed by atoms with van der Waals surface area (Å²) in [7, 11) is -3.44. The predicted octanol–water partition coefficient (Wildman–Crippen LogP) is 2.71. The number of amides is 1. The molecule has 0 aliphatic carbocycles. The molecular weight excluding hydrogens is 343 g/mol. The minimum absolute atomic E-state index is 0.143. The fraction of sp³-hybridized carbons (Fsp3) is 0.167. The van der Waals surface area contributed by atoms with Crippen molar-refractivity contribution in [1.29, 1.82) is 0 Å². The molecule has 0 aliphatic heterocycles. The smallest absolute Gasteiger partial charge is 0.251 e. The normalized spacial score (nSPS) is 11.0. The van der Waals surface area contributed by atoms with Gasteiger partial charge in [0.15, 0.2) is 0 Å². The molecule has 2 rings (SSSR count). The Morgan fingerprint density at radius 1 is 1.24 bits per heavy atom. The molecule has 0 spiro atoms. The molecule has 7 heteroatoms. The highest BCUT2D eigenvalue weighted by Gasteiger charge is 2.16. The summed E-state index contributed by atoms with van der Waals surface area (Å²) in [5, 5.41) is 2.69. The Labute approximate surface area is 146 Å².